The smallest absolute Gasteiger partial charge is 0.253 e. The first-order valence-corrected chi connectivity index (χ1v) is 14.4. The van der Waals surface area contributed by atoms with E-state index in [1.54, 1.807) is 4.90 Å². The Hall–Kier alpha value is -3.94. The predicted molar refractivity (Wildman–Crippen MR) is 159 cm³/mol. The predicted octanol–water partition coefficient (Wildman–Crippen LogP) is 1.93. The molecule has 2 rings (SSSR count). The molecule has 2 aromatic carbocycles. The summed E-state index contributed by atoms with van der Waals surface area (Å²) in [7, 11) is 1.41. The first-order valence-electron chi connectivity index (χ1n) is 14.4. The van der Waals surface area contributed by atoms with Gasteiger partial charge in [0.05, 0.1) is 12.1 Å². The number of rotatable bonds is 17. The zero-order valence-electron chi connectivity index (χ0n) is 25.4. The van der Waals surface area contributed by atoms with E-state index in [0.717, 1.165) is 12.1 Å². The number of methoxy groups -OCH3 is 1. The van der Waals surface area contributed by atoms with Crippen LogP contribution in [0.1, 0.15) is 76.7 Å². The third-order valence-electron chi connectivity index (χ3n) is 6.89. The van der Waals surface area contributed by atoms with Crippen LogP contribution in [-0.2, 0) is 16.0 Å². The minimum absolute atomic E-state index is 0.0444. The number of aliphatic hydroxyl groups excluding tert-OH is 2. The molecule has 0 aliphatic heterocycles. The highest BCUT2D eigenvalue weighted by Gasteiger charge is 2.34. The molecule has 0 aliphatic carbocycles. The van der Waals surface area contributed by atoms with Crippen molar-refractivity contribution in [2.24, 2.45) is 5.73 Å². The van der Waals surface area contributed by atoms with Crippen molar-refractivity contribution in [3.63, 3.8) is 0 Å². The standard InChI is InChI=1S/C31H42F2N4O7/c1-5-8-37(9-6-2)31(43)22-15-20(29(34)41)14-21(16-22)30(42)36-26(13-19-11-23(32)17-24(33)12-19)28(40)27(39)25(7-10-44-4)35-18(3)38/h11-12,14-17,25-28,39-40H,5-10,13H2,1-4H3,(H2,34,41)(H,35,38)(H,36,42)/t25-,26+,27-,28-/m1/s1. The van der Waals surface area contributed by atoms with Gasteiger partial charge >= 0.3 is 0 Å². The van der Waals surface area contributed by atoms with Crippen LogP contribution in [0.5, 0.6) is 0 Å². The SMILES string of the molecule is CCCN(CCC)C(=O)c1cc(C(N)=O)cc(C(=O)N[C@@H](Cc2cc(F)cc(F)c2)[C@@H](O)[C@H](O)[C@@H](CCOC)NC(C)=O)c1. The van der Waals surface area contributed by atoms with Crippen molar-refractivity contribution in [1.82, 2.24) is 15.5 Å². The van der Waals surface area contributed by atoms with Crippen LogP contribution >= 0.6 is 0 Å². The third-order valence-corrected chi connectivity index (χ3v) is 6.89. The average Bonchev–Trinajstić information content (AvgIpc) is 2.96. The molecule has 6 N–H and O–H groups in total. The zero-order valence-corrected chi connectivity index (χ0v) is 25.4. The maximum atomic E-state index is 14.0. The van der Waals surface area contributed by atoms with Crippen molar-refractivity contribution < 1.29 is 42.9 Å². The lowest BCUT2D eigenvalue weighted by atomic mass is 9.92. The minimum Gasteiger partial charge on any atom is -0.388 e. The van der Waals surface area contributed by atoms with E-state index in [0.29, 0.717) is 32.0 Å². The van der Waals surface area contributed by atoms with E-state index in [-0.39, 0.29) is 41.7 Å². The summed E-state index contributed by atoms with van der Waals surface area (Å²) in [6.07, 6.45) is -2.28. The second kappa shape index (κ2) is 17.4. The highest BCUT2D eigenvalue weighted by atomic mass is 19.1. The molecule has 0 spiro atoms. The Morgan fingerprint density at radius 3 is 1.93 bits per heavy atom. The maximum Gasteiger partial charge on any atom is 0.253 e. The fraction of sp³-hybridized carbons (Fsp3) is 0.484. The quantitative estimate of drug-likeness (QED) is 0.180. The Balaban J connectivity index is 2.52. The lowest BCUT2D eigenvalue weighted by Gasteiger charge is -2.33. The van der Waals surface area contributed by atoms with Crippen molar-refractivity contribution in [2.75, 3.05) is 26.8 Å². The van der Waals surface area contributed by atoms with E-state index >= 15 is 0 Å². The van der Waals surface area contributed by atoms with E-state index < -0.39 is 59.6 Å². The molecule has 0 radical (unpaired) electrons. The molecule has 242 valence electrons. The van der Waals surface area contributed by atoms with Crippen molar-refractivity contribution >= 4 is 23.6 Å². The number of nitrogens with one attached hydrogen (secondary N) is 2. The van der Waals surface area contributed by atoms with Crippen LogP contribution in [0.3, 0.4) is 0 Å². The molecule has 0 saturated heterocycles. The number of hydrogen-bond donors (Lipinski definition) is 5. The number of amides is 4. The maximum absolute atomic E-state index is 14.0. The van der Waals surface area contributed by atoms with Gasteiger partial charge in [-0.2, -0.15) is 0 Å². The minimum atomic E-state index is -1.76. The van der Waals surface area contributed by atoms with Crippen LogP contribution in [0.25, 0.3) is 0 Å². The molecule has 11 nitrogen and oxygen atoms in total. The van der Waals surface area contributed by atoms with E-state index in [1.807, 2.05) is 13.8 Å². The van der Waals surface area contributed by atoms with Crippen molar-refractivity contribution in [3.8, 4) is 0 Å². The Bertz CT molecular complexity index is 1280. The van der Waals surface area contributed by atoms with Gasteiger partial charge in [-0.05, 0) is 61.6 Å². The number of nitrogens with two attached hydrogens (primary N) is 1. The van der Waals surface area contributed by atoms with Crippen molar-refractivity contribution in [1.29, 1.82) is 0 Å². The van der Waals surface area contributed by atoms with Gasteiger partial charge in [0.15, 0.2) is 0 Å². The second-order valence-electron chi connectivity index (χ2n) is 10.6. The van der Waals surface area contributed by atoms with Gasteiger partial charge in [-0.15, -0.1) is 0 Å². The number of halogens is 2. The number of benzene rings is 2. The van der Waals surface area contributed by atoms with Gasteiger partial charge in [0.25, 0.3) is 11.8 Å². The topological polar surface area (TPSA) is 171 Å². The van der Waals surface area contributed by atoms with Gasteiger partial charge in [0.2, 0.25) is 11.8 Å². The summed E-state index contributed by atoms with van der Waals surface area (Å²) in [5.41, 5.74) is 5.34. The molecule has 13 heteroatoms. The summed E-state index contributed by atoms with van der Waals surface area (Å²) in [5.74, 6) is -4.43. The van der Waals surface area contributed by atoms with Gasteiger partial charge in [0, 0.05) is 56.5 Å². The Labute approximate surface area is 255 Å². The normalized spacial score (nSPS) is 13.8. The largest absolute Gasteiger partial charge is 0.388 e. The average molecular weight is 621 g/mol. The molecular formula is C31H42F2N4O7. The second-order valence-corrected chi connectivity index (χ2v) is 10.6. The van der Waals surface area contributed by atoms with Gasteiger partial charge in [0.1, 0.15) is 23.8 Å². The van der Waals surface area contributed by atoms with Gasteiger partial charge in [-0.1, -0.05) is 13.8 Å². The monoisotopic (exact) mass is 620 g/mol. The third kappa shape index (κ3) is 10.6. The zero-order chi connectivity index (χ0) is 33.0. The molecule has 0 aliphatic rings. The lowest BCUT2D eigenvalue weighted by Crippen LogP contribution is -2.56. The van der Waals surface area contributed by atoms with Crippen LogP contribution in [0.2, 0.25) is 0 Å². The molecule has 44 heavy (non-hydrogen) atoms. The number of aliphatic hydroxyl groups is 2. The summed E-state index contributed by atoms with van der Waals surface area (Å²) < 4.78 is 33.1. The number of carbonyl (C=O) groups excluding carboxylic acids is 4. The molecule has 4 amide bonds. The summed E-state index contributed by atoms with van der Waals surface area (Å²) in [6, 6.07) is 4.08. The highest BCUT2D eigenvalue weighted by molar-refractivity contribution is 6.04. The molecule has 2 aromatic rings. The number of carbonyl (C=O) groups is 4. The van der Waals surface area contributed by atoms with Gasteiger partial charge < -0.3 is 36.2 Å². The van der Waals surface area contributed by atoms with Crippen LogP contribution in [0.15, 0.2) is 36.4 Å². The fourth-order valence-corrected chi connectivity index (χ4v) is 4.86. The molecule has 0 fully saturated rings. The summed E-state index contributed by atoms with van der Waals surface area (Å²) in [4.78, 5) is 52.4. The van der Waals surface area contributed by atoms with Crippen LogP contribution in [-0.4, -0.2) is 89.8 Å². The molecule has 0 heterocycles. The number of primary amides is 1. The number of nitrogens with zero attached hydrogens (tertiary/aromatic N) is 1. The van der Waals surface area contributed by atoms with Crippen LogP contribution < -0.4 is 16.4 Å². The first-order chi connectivity index (χ1) is 20.8. The Morgan fingerprint density at radius 2 is 1.41 bits per heavy atom. The summed E-state index contributed by atoms with van der Waals surface area (Å²) in [5, 5.41) is 27.4. The number of hydrogen-bond acceptors (Lipinski definition) is 7. The van der Waals surface area contributed by atoms with E-state index in [4.69, 9.17) is 10.5 Å². The molecular weight excluding hydrogens is 578 g/mol. The molecule has 0 unspecified atom stereocenters. The van der Waals surface area contributed by atoms with Crippen LogP contribution in [0, 0.1) is 11.6 Å². The lowest BCUT2D eigenvalue weighted by molar-refractivity contribution is -0.121. The highest BCUT2D eigenvalue weighted by Crippen LogP contribution is 2.18. The Kier molecular flexibility index (Phi) is 14.3. The molecule has 0 saturated carbocycles. The van der Waals surface area contributed by atoms with Gasteiger partial charge in [-0.25, -0.2) is 8.78 Å². The van der Waals surface area contributed by atoms with E-state index in [9.17, 15) is 38.2 Å². The van der Waals surface area contributed by atoms with E-state index in [2.05, 4.69) is 10.6 Å². The first kappa shape index (κ1) is 36.3. The molecule has 4 atom stereocenters. The van der Waals surface area contributed by atoms with Gasteiger partial charge in [-0.3, -0.25) is 19.2 Å². The van der Waals surface area contributed by atoms with Crippen LogP contribution in [0.4, 0.5) is 8.78 Å². The van der Waals surface area contributed by atoms with Crippen molar-refractivity contribution in [3.05, 3.63) is 70.3 Å². The fourth-order valence-electron chi connectivity index (χ4n) is 4.86. The van der Waals surface area contributed by atoms with Crippen molar-refractivity contribution in [2.45, 2.75) is 70.7 Å². The summed E-state index contributed by atoms with van der Waals surface area (Å²) >= 11 is 0. The molecule has 0 aromatic heterocycles. The van der Waals surface area contributed by atoms with E-state index in [1.165, 1.54) is 32.2 Å². The number of ether oxygens (including phenoxy) is 1. The summed E-state index contributed by atoms with van der Waals surface area (Å²) in [6.45, 7) is 6.05. The Morgan fingerprint density at radius 1 is 0.864 bits per heavy atom. The molecule has 0 bridgehead atoms.